The number of carbonyl (C=O) groups excluding carboxylic acids is 2. The van der Waals surface area contributed by atoms with E-state index in [9.17, 15) is 18.0 Å². The van der Waals surface area contributed by atoms with Crippen LogP contribution in [0.1, 0.15) is 31.2 Å². The number of carbonyl (C=O) groups is 2. The zero-order chi connectivity index (χ0) is 21.4. The molecule has 0 unspecified atom stereocenters. The molecule has 30 heavy (non-hydrogen) atoms. The van der Waals surface area contributed by atoms with Crippen LogP contribution in [0.15, 0.2) is 30.3 Å². The van der Waals surface area contributed by atoms with Gasteiger partial charge in [-0.1, -0.05) is 30.3 Å². The maximum atomic E-state index is 13.1. The number of ether oxygens (including phenoxy) is 1. The van der Waals surface area contributed by atoms with E-state index in [-0.39, 0.29) is 30.2 Å². The number of hydrogen-bond acceptors (Lipinski definition) is 6. The molecule has 4 rings (SSSR count). The second-order valence-electron chi connectivity index (χ2n) is 8.44. The van der Waals surface area contributed by atoms with Gasteiger partial charge in [-0.15, -0.1) is 0 Å². The van der Waals surface area contributed by atoms with E-state index in [0.29, 0.717) is 32.5 Å². The van der Waals surface area contributed by atoms with Crippen LogP contribution in [0.4, 0.5) is 0 Å². The summed E-state index contributed by atoms with van der Waals surface area (Å²) < 4.78 is 31.1. The van der Waals surface area contributed by atoms with Crippen LogP contribution in [0, 0.1) is 0 Å². The average Bonchev–Trinajstić information content (AvgIpc) is 3.46. The van der Waals surface area contributed by atoms with Gasteiger partial charge < -0.3 is 10.1 Å². The topological polar surface area (TPSA) is 96.0 Å². The molecule has 1 aromatic carbocycles. The summed E-state index contributed by atoms with van der Waals surface area (Å²) in [7, 11) is -2.07. The van der Waals surface area contributed by atoms with E-state index in [2.05, 4.69) is 5.32 Å². The molecule has 2 aliphatic heterocycles. The molecule has 0 spiro atoms. The molecule has 8 nitrogen and oxygen atoms in total. The maximum absolute atomic E-state index is 13.1. The van der Waals surface area contributed by atoms with E-state index in [1.807, 2.05) is 35.2 Å². The first-order valence-electron chi connectivity index (χ1n) is 10.5. The zero-order valence-corrected chi connectivity index (χ0v) is 18.1. The van der Waals surface area contributed by atoms with Gasteiger partial charge in [0.15, 0.2) is 0 Å². The van der Waals surface area contributed by atoms with E-state index in [0.717, 1.165) is 22.7 Å². The number of amides is 2. The van der Waals surface area contributed by atoms with Gasteiger partial charge in [0.25, 0.3) is 5.91 Å². The summed E-state index contributed by atoms with van der Waals surface area (Å²) in [5.41, 5.74) is 0.572. The minimum Gasteiger partial charge on any atom is -0.385 e. The first-order chi connectivity index (χ1) is 14.4. The predicted molar refractivity (Wildman–Crippen MR) is 111 cm³/mol. The van der Waals surface area contributed by atoms with Crippen molar-refractivity contribution in [2.24, 2.45) is 0 Å². The highest BCUT2D eigenvalue weighted by atomic mass is 32.2. The number of hydrogen-bond donors (Lipinski definition) is 1. The molecule has 3 aliphatic rings. The van der Waals surface area contributed by atoms with E-state index in [1.165, 1.54) is 0 Å². The van der Waals surface area contributed by atoms with Crippen molar-refractivity contribution in [3.05, 3.63) is 35.9 Å². The first kappa shape index (κ1) is 21.3. The quantitative estimate of drug-likeness (QED) is 0.626. The molecule has 1 N–H and O–H groups in total. The first-order valence-corrected chi connectivity index (χ1v) is 12.1. The lowest BCUT2D eigenvalue weighted by Crippen LogP contribution is -2.45. The average molecular weight is 436 g/mol. The van der Waals surface area contributed by atoms with Crippen LogP contribution in [0.25, 0.3) is 0 Å². The molecule has 1 saturated carbocycles. The van der Waals surface area contributed by atoms with Crippen molar-refractivity contribution < 1.29 is 22.7 Å². The maximum Gasteiger partial charge on any atom is 0.253 e. The Kier molecular flexibility index (Phi) is 5.87. The molecule has 0 radical (unpaired) electrons. The lowest BCUT2D eigenvalue weighted by atomic mass is 9.94. The second kappa shape index (κ2) is 8.28. The van der Waals surface area contributed by atoms with E-state index in [1.54, 1.807) is 7.11 Å². The van der Waals surface area contributed by atoms with Gasteiger partial charge in [0.05, 0.1) is 17.2 Å². The Morgan fingerprint density at radius 2 is 2.00 bits per heavy atom. The monoisotopic (exact) mass is 435 g/mol. The highest BCUT2D eigenvalue weighted by Gasteiger charge is 2.52. The molecular weight excluding hydrogens is 406 g/mol. The van der Waals surface area contributed by atoms with E-state index >= 15 is 0 Å². The molecule has 3 fully saturated rings. The minimum atomic E-state index is -3.62. The summed E-state index contributed by atoms with van der Waals surface area (Å²) in [6, 6.07) is 9.13. The number of fused-ring (bicyclic) bond motifs is 1. The summed E-state index contributed by atoms with van der Waals surface area (Å²) in [4.78, 5) is 28.0. The molecule has 2 saturated heterocycles. The van der Waals surface area contributed by atoms with Gasteiger partial charge in [-0.3, -0.25) is 14.5 Å². The SMILES string of the molecule is COCCCN1C(=O)[C@@H]2C[C@H](NC(=O)C3(c4ccccc4)CC3)CN2CCS1(=O)=O. The molecule has 2 amide bonds. The standard InChI is InChI=1S/C21H29N3O5S/c1-29-12-5-10-24-19(25)18-14-17(15-23(18)11-13-30(24,27)28)22-20(26)21(8-9-21)16-6-3-2-4-7-16/h2-4,6-7,17-18H,5,8-15H2,1H3,(H,22,26)/t17-,18-/m0/s1. The molecule has 1 aliphatic carbocycles. The molecule has 2 atom stereocenters. The smallest absolute Gasteiger partial charge is 0.253 e. The number of benzene rings is 1. The Labute approximate surface area is 177 Å². The summed E-state index contributed by atoms with van der Waals surface area (Å²) in [6.07, 6.45) is 2.56. The van der Waals surface area contributed by atoms with Crippen LogP contribution in [-0.4, -0.2) is 80.6 Å². The van der Waals surface area contributed by atoms with Crippen LogP contribution < -0.4 is 5.32 Å². The summed E-state index contributed by atoms with van der Waals surface area (Å²) in [5.74, 6) is -0.463. The van der Waals surface area contributed by atoms with Gasteiger partial charge in [-0.05, 0) is 31.2 Å². The highest BCUT2D eigenvalue weighted by molar-refractivity contribution is 7.89. The highest BCUT2D eigenvalue weighted by Crippen LogP contribution is 2.48. The fourth-order valence-electron chi connectivity index (χ4n) is 4.61. The lowest BCUT2D eigenvalue weighted by Gasteiger charge is -2.23. The Morgan fingerprint density at radius 1 is 1.27 bits per heavy atom. The number of rotatable bonds is 7. The Balaban J connectivity index is 1.43. The van der Waals surface area contributed by atoms with Gasteiger partial charge in [-0.25, -0.2) is 12.7 Å². The van der Waals surface area contributed by atoms with Crippen LogP contribution in [0.5, 0.6) is 0 Å². The normalized spacial score (nSPS) is 27.4. The van der Waals surface area contributed by atoms with Gasteiger partial charge in [0.2, 0.25) is 15.9 Å². The van der Waals surface area contributed by atoms with E-state index < -0.39 is 21.5 Å². The Bertz CT molecular complexity index is 900. The van der Waals surface area contributed by atoms with E-state index in [4.69, 9.17) is 4.74 Å². The van der Waals surface area contributed by atoms with Crippen LogP contribution >= 0.6 is 0 Å². The molecule has 2 heterocycles. The van der Waals surface area contributed by atoms with Crippen LogP contribution in [0.3, 0.4) is 0 Å². The Morgan fingerprint density at radius 3 is 2.67 bits per heavy atom. The van der Waals surface area contributed by atoms with Crippen LogP contribution in [0.2, 0.25) is 0 Å². The molecule has 9 heteroatoms. The van der Waals surface area contributed by atoms with Crippen molar-refractivity contribution in [1.82, 2.24) is 14.5 Å². The predicted octanol–water partition coefficient (Wildman–Crippen LogP) is 0.486. The van der Waals surface area contributed by atoms with Gasteiger partial charge in [0.1, 0.15) is 0 Å². The molecule has 164 valence electrons. The molecule has 1 aromatic rings. The van der Waals surface area contributed by atoms with Crippen molar-refractivity contribution in [2.45, 2.75) is 43.2 Å². The lowest BCUT2D eigenvalue weighted by molar-refractivity contribution is -0.131. The van der Waals surface area contributed by atoms with Crippen molar-refractivity contribution >= 4 is 21.8 Å². The third-order valence-electron chi connectivity index (χ3n) is 6.46. The zero-order valence-electron chi connectivity index (χ0n) is 17.2. The second-order valence-corrected chi connectivity index (χ2v) is 10.5. The van der Waals surface area contributed by atoms with Crippen molar-refractivity contribution in [3.8, 4) is 0 Å². The summed E-state index contributed by atoms with van der Waals surface area (Å²) >= 11 is 0. The minimum absolute atomic E-state index is 0.00776. The van der Waals surface area contributed by atoms with Gasteiger partial charge >= 0.3 is 0 Å². The largest absolute Gasteiger partial charge is 0.385 e. The van der Waals surface area contributed by atoms with Crippen molar-refractivity contribution in [1.29, 1.82) is 0 Å². The number of methoxy groups -OCH3 is 1. The number of nitrogens with one attached hydrogen (secondary N) is 1. The summed E-state index contributed by atoms with van der Waals surface area (Å²) in [5, 5.41) is 3.14. The number of sulfonamides is 1. The molecule has 0 bridgehead atoms. The fourth-order valence-corrected chi connectivity index (χ4v) is 6.10. The fraction of sp³-hybridized carbons (Fsp3) is 0.619. The number of nitrogens with zero attached hydrogens (tertiary/aromatic N) is 2. The third-order valence-corrected chi connectivity index (χ3v) is 8.20. The third kappa shape index (κ3) is 3.98. The Hall–Kier alpha value is -1.97. The molecular formula is C21H29N3O5S. The molecule has 0 aromatic heterocycles. The van der Waals surface area contributed by atoms with Gasteiger partial charge in [0, 0.05) is 39.4 Å². The van der Waals surface area contributed by atoms with Crippen molar-refractivity contribution in [2.75, 3.05) is 39.1 Å². The van der Waals surface area contributed by atoms with Crippen LogP contribution in [-0.2, 0) is 29.8 Å². The van der Waals surface area contributed by atoms with Crippen molar-refractivity contribution in [3.63, 3.8) is 0 Å². The van der Waals surface area contributed by atoms with Gasteiger partial charge in [-0.2, -0.15) is 0 Å². The summed E-state index contributed by atoms with van der Waals surface area (Å²) in [6.45, 7) is 1.32.